The van der Waals surface area contributed by atoms with Crippen LogP contribution in [0.5, 0.6) is 5.75 Å². The van der Waals surface area contributed by atoms with Gasteiger partial charge < -0.3 is 25.3 Å². The summed E-state index contributed by atoms with van der Waals surface area (Å²) >= 11 is 6.16. The summed E-state index contributed by atoms with van der Waals surface area (Å²) in [6, 6.07) is 4.56. The number of halogens is 1. The number of methoxy groups -OCH3 is 1. The zero-order valence-electron chi connectivity index (χ0n) is 13.2. The fourth-order valence-electron chi connectivity index (χ4n) is 2.45. The lowest BCUT2D eigenvalue weighted by Crippen LogP contribution is -2.44. The lowest BCUT2D eigenvalue weighted by molar-refractivity contribution is -0.119. The number of ether oxygens (including phenoxy) is 3. The highest BCUT2D eigenvalue weighted by atomic mass is 35.5. The second-order valence-electron chi connectivity index (χ2n) is 5.45. The first kappa shape index (κ1) is 18.0. The molecule has 1 aliphatic rings. The topological polar surface area (TPSA) is 82.8 Å². The van der Waals surface area contributed by atoms with Crippen LogP contribution in [-0.4, -0.2) is 45.5 Å². The molecule has 0 radical (unpaired) electrons. The van der Waals surface area contributed by atoms with Gasteiger partial charge in [0, 0.05) is 26.0 Å². The van der Waals surface area contributed by atoms with Crippen molar-refractivity contribution in [3.8, 4) is 5.75 Å². The summed E-state index contributed by atoms with van der Waals surface area (Å²) in [7, 11) is 1.60. The molecule has 2 rings (SSSR count). The molecule has 1 fully saturated rings. The molecule has 0 bridgehead atoms. The molecular weight excluding hydrogens is 320 g/mol. The Kier molecular flexibility index (Phi) is 7.11. The van der Waals surface area contributed by atoms with Crippen molar-refractivity contribution in [2.75, 3.05) is 38.9 Å². The van der Waals surface area contributed by atoms with Crippen molar-refractivity contribution in [1.29, 1.82) is 0 Å². The minimum atomic E-state index is -0.546. The quantitative estimate of drug-likeness (QED) is 0.741. The Balaban J connectivity index is 1.91. The Morgan fingerprint density at radius 3 is 2.83 bits per heavy atom. The van der Waals surface area contributed by atoms with Gasteiger partial charge in [0.15, 0.2) is 0 Å². The molecule has 1 amide bonds. The normalized spacial score (nSPS) is 16.8. The number of amides is 1. The third kappa shape index (κ3) is 5.35. The lowest BCUT2D eigenvalue weighted by Gasteiger charge is -2.26. The van der Waals surface area contributed by atoms with Crippen molar-refractivity contribution in [2.45, 2.75) is 18.9 Å². The van der Waals surface area contributed by atoms with E-state index in [2.05, 4.69) is 5.32 Å². The number of rotatable bonds is 7. The van der Waals surface area contributed by atoms with Gasteiger partial charge in [-0.05, 0) is 37.0 Å². The fraction of sp³-hybridized carbons (Fsp3) is 0.562. The minimum Gasteiger partial charge on any atom is -0.490 e. The van der Waals surface area contributed by atoms with E-state index in [9.17, 15) is 4.79 Å². The van der Waals surface area contributed by atoms with Crippen molar-refractivity contribution in [3.63, 3.8) is 0 Å². The molecule has 3 N–H and O–H groups in total. The van der Waals surface area contributed by atoms with Gasteiger partial charge in [-0.3, -0.25) is 4.79 Å². The third-order valence-electron chi connectivity index (χ3n) is 3.82. The number of nitrogens with one attached hydrogen (secondary N) is 1. The monoisotopic (exact) mass is 342 g/mol. The van der Waals surface area contributed by atoms with Crippen LogP contribution in [0.3, 0.4) is 0 Å². The number of hydrogen-bond donors (Lipinski definition) is 2. The van der Waals surface area contributed by atoms with Crippen molar-refractivity contribution in [3.05, 3.63) is 23.2 Å². The van der Waals surface area contributed by atoms with Gasteiger partial charge in [-0.15, -0.1) is 0 Å². The highest BCUT2D eigenvalue weighted by Gasteiger charge is 2.26. The summed E-state index contributed by atoms with van der Waals surface area (Å²) in [5, 5.41) is 3.23. The van der Waals surface area contributed by atoms with Crippen LogP contribution in [0.1, 0.15) is 12.8 Å². The zero-order chi connectivity index (χ0) is 16.7. The van der Waals surface area contributed by atoms with Crippen molar-refractivity contribution in [1.82, 2.24) is 0 Å². The van der Waals surface area contributed by atoms with E-state index in [0.29, 0.717) is 42.9 Å². The summed E-state index contributed by atoms with van der Waals surface area (Å²) in [6.45, 7) is 2.21. The Bertz CT molecular complexity index is 521. The fourth-order valence-corrected chi connectivity index (χ4v) is 2.68. The van der Waals surface area contributed by atoms with E-state index in [1.165, 1.54) is 0 Å². The summed E-state index contributed by atoms with van der Waals surface area (Å²) in [6.07, 6.45) is 1.61. The minimum absolute atomic E-state index is 0.149. The first-order chi connectivity index (χ1) is 11.1. The molecule has 7 heteroatoms. The molecule has 128 valence electrons. The van der Waals surface area contributed by atoms with Crippen LogP contribution >= 0.6 is 11.6 Å². The predicted molar refractivity (Wildman–Crippen MR) is 89.0 cm³/mol. The van der Waals surface area contributed by atoms with Gasteiger partial charge in [-0.2, -0.15) is 0 Å². The van der Waals surface area contributed by atoms with Crippen LogP contribution in [0.2, 0.25) is 5.02 Å². The van der Waals surface area contributed by atoms with Crippen LogP contribution < -0.4 is 15.8 Å². The molecule has 0 aliphatic carbocycles. The first-order valence-corrected chi connectivity index (χ1v) is 8.05. The average molecular weight is 343 g/mol. The van der Waals surface area contributed by atoms with E-state index in [0.717, 1.165) is 12.8 Å². The summed E-state index contributed by atoms with van der Waals surface area (Å²) < 4.78 is 15.7. The maximum absolute atomic E-state index is 12.3. The molecule has 1 saturated heterocycles. The molecule has 1 aromatic rings. The Labute approximate surface area is 141 Å². The highest BCUT2D eigenvalue weighted by molar-refractivity contribution is 6.32. The SMILES string of the molecule is COCCOc1ccc(NC(=O)C(N)C2CCOCC2)cc1Cl. The number of benzene rings is 1. The largest absolute Gasteiger partial charge is 0.490 e. The molecule has 23 heavy (non-hydrogen) atoms. The van der Waals surface area contributed by atoms with E-state index >= 15 is 0 Å². The second-order valence-corrected chi connectivity index (χ2v) is 5.86. The van der Waals surface area contributed by atoms with Crippen LogP contribution in [0.4, 0.5) is 5.69 Å². The van der Waals surface area contributed by atoms with E-state index in [1.54, 1.807) is 25.3 Å². The molecule has 1 heterocycles. The molecule has 1 aromatic carbocycles. The summed E-state index contributed by atoms with van der Waals surface area (Å²) in [5.74, 6) is 0.493. The lowest BCUT2D eigenvalue weighted by atomic mass is 9.92. The van der Waals surface area contributed by atoms with Crippen molar-refractivity contribution >= 4 is 23.2 Å². The number of carbonyl (C=O) groups is 1. The van der Waals surface area contributed by atoms with Crippen molar-refractivity contribution in [2.24, 2.45) is 11.7 Å². The highest BCUT2D eigenvalue weighted by Crippen LogP contribution is 2.28. The molecule has 6 nitrogen and oxygen atoms in total. The molecule has 1 unspecified atom stereocenters. The Hall–Kier alpha value is -1.34. The zero-order valence-corrected chi connectivity index (χ0v) is 14.0. The van der Waals surface area contributed by atoms with E-state index in [-0.39, 0.29) is 11.8 Å². The van der Waals surface area contributed by atoms with Gasteiger partial charge in [0.1, 0.15) is 12.4 Å². The van der Waals surface area contributed by atoms with Crippen LogP contribution in [0.15, 0.2) is 18.2 Å². The number of hydrogen-bond acceptors (Lipinski definition) is 5. The summed E-state index contributed by atoms with van der Waals surface area (Å²) in [5.41, 5.74) is 6.65. The van der Waals surface area contributed by atoms with Gasteiger partial charge in [0.2, 0.25) is 5.91 Å². The number of carbonyl (C=O) groups excluding carboxylic acids is 1. The third-order valence-corrected chi connectivity index (χ3v) is 4.12. The van der Waals surface area contributed by atoms with Gasteiger partial charge in [0.05, 0.1) is 17.7 Å². The molecule has 0 aromatic heterocycles. The van der Waals surface area contributed by atoms with E-state index in [1.807, 2.05) is 0 Å². The standard InChI is InChI=1S/C16H23ClN2O4/c1-21-8-9-23-14-3-2-12(10-13(14)17)19-16(20)15(18)11-4-6-22-7-5-11/h2-3,10-11,15H,4-9,18H2,1H3,(H,19,20). The summed E-state index contributed by atoms with van der Waals surface area (Å²) in [4.78, 5) is 12.3. The maximum Gasteiger partial charge on any atom is 0.241 e. The Morgan fingerprint density at radius 2 is 2.17 bits per heavy atom. The first-order valence-electron chi connectivity index (χ1n) is 7.67. The average Bonchev–Trinajstić information content (AvgIpc) is 2.57. The van der Waals surface area contributed by atoms with E-state index in [4.69, 9.17) is 31.5 Å². The van der Waals surface area contributed by atoms with E-state index < -0.39 is 6.04 Å². The second kappa shape index (κ2) is 9.08. The van der Waals surface area contributed by atoms with Crippen molar-refractivity contribution < 1.29 is 19.0 Å². The molecule has 1 atom stereocenters. The smallest absolute Gasteiger partial charge is 0.241 e. The predicted octanol–water partition coefficient (Wildman–Crippen LogP) is 2.06. The van der Waals surface area contributed by atoms with Gasteiger partial charge in [-0.1, -0.05) is 11.6 Å². The van der Waals surface area contributed by atoms with Crippen LogP contribution in [0, 0.1) is 5.92 Å². The van der Waals surface area contributed by atoms with Crippen LogP contribution in [0.25, 0.3) is 0 Å². The Morgan fingerprint density at radius 1 is 1.43 bits per heavy atom. The molecule has 0 spiro atoms. The number of anilines is 1. The molecule has 0 saturated carbocycles. The van der Waals surface area contributed by atoms with Gasteiger partial charge >= 0.3 is 0 Å². The molecular formula is C16H23ClN2O4. The molecule has 1 aliphatic heterocycles. The maximum atomic E-state index is 12.3. The number of nitrogens with two attached hydrogens (primary N) is 1. The van der Waals surface area contributed by atoms with Gasteiger partial charge in [-0.25, -0.2) is 0 Å². The van der Waals surface area contributed by atoms with Gasteiger partial charge in [0.25, 0.3) is 0 Å². The van der Waals surface area contributed by atoms with Crippen LogP contribution in [-0.2, 0) is 14.3 Å².